The van der Waals surface area contributed by atoms with E-state index in [-0.39, 0.29) is 18.0 Å². The van der Waals surface area contributed by atoms with E-state index in [9.17, 15) is 4.79 Å². The van der Waals surface area contributed by atoms with Crippen LogP contribution in [-0.4, -0.2) is 23.9 Å². The van der Waals surface area contributed by atoms with Crippen LogP contribution in [0.15, 0.2) is 0 Å². The average Bonchev–Trinajstić information content (AvgIpc) is 2.33. The van der Waals surface area contributed by atoms with Crippen LogP contribution in [0.4, 0.5) is 0 Å². The Balaban J connectivity index is 5.40. The molecule has 23 heavy (non-hydrogen) atoms. The molecule has 3 atom stereocenters. The van der Waals surface area contributed by atoms with Gasteiger partial charge in [-0.05, 0) is 52.9 Å². The highest BCUT2D eigenvalue weighted by molar-refractivity contribution is 5.78. The van der Waals surface area contributed by atoms with E-state index in [0.29, 0.717) is 18.3 Å². The average molecular weight is 330 g/mol. The van der Waals surface area contributed by atoms with Gasteiger partial charge in [-0.3, -0.25) is 4.79 Å². The van der Waals surface area contributed by atoms with Gasteiger partial charge in [0.15, 0.2) is 0 Å². The Bertz CT molecular complexity index is 371. The molecule has 0 rings (SSSR count). The highest BCUT2D eigenvalue weighted by Gasteiger charge is 2.47. The third-order valence-corrected chi connectivity index (χ3v) is 4.80. The smallest absolute Gasteiger partial charge is 0.315 e. The summed E-state index contributed by atoms with van der Waals surface area (Å²) in [6.45, 7) is 20.0. The summed E-state index contributed by atoms with van der Waals surface area (Å²) in [5, 5.41) is 0. The summed E-state index contributed by atoms with van der Waals surface area (Å²) < 4.78 is 11.7. The van der Waals surface area contributed by atoms with E-state index >= 15 is 0 Å². The molecule has 2 N–H and O–H groups in total. The minimum atomic E-state index is -0.754. The minimum Gasteiger partial charge on any atom is -0.435 e. The van der Waals surface area contributed by atoms with E-state index in [1.807, 2.05) is 34.6 Å². The van der Waals surface area contributed by atoms with Gasteiger partial charge in [0.2, 0.25) is 6.29 Å². The molecule has 0 aliphatic heterocycles. The molecule has 3 unspecified atom stereocenters. The monoisotopic (exact) mass is 329 g/mol. The molecule has 0 heterocycles. The second kappa shape index (κ2) is 8.48. The Labute approximate surface area is 143 Å². The summed E-state index contributed by atoms with van der Waals surface area (Å²) in [5.74, 6) is 0.554. The molecule has 0 amide bonds. The second-order valence-corrected chi connectivity index (χ2v) is 8.71. The molecule has 0 aliphatic rings. The first-order valence-electron chi connectivity index (χ1n) is 8.87. The van der Waals surface area contributed by atoms with E-state index in [2.05, 4.69) is 34.6 Å². The lowest BCUT2D eigenvalue weighted by Gasteiger charge is -2.42. The Morgan fingerprint density at radius 1 is 1.00 bits per heavy atom. The fourth-order valence-electron chi connectivity index (χ4n) is 2.50. The van der Waals surface area contributed by atoms with Crippen LogP contribution in [0.25, 0.3) is 0 Å². The lowest BCUT2D eigenvalue weighted by atomic mass is 9.68. The van der Waals surface area contributed by atoms with Crippen LogP contribution >= 0.6 is 0 Å². The van der Waals surface area contributed by atoms with Gasteiger partial charge in [-0.15, -0.1) is 0 Å². The summed E-state index contributed by atoms with van der Waals surface area (Å²) in [6, 6.07) is 0. The van der Waals surface area contributed by atoms with Gasteiger partial charge >= 0.3 is 5.97 Å². The summed E-state index contributed by atoms with van der Waals surface area (Å²) >= 11 is 0. The van der Waals surface area contributed by atoms with Gasteiger partial charge in [0.05, 0.1) is 11.5 Å². The first-order chi connectivity index (χ1) is 10.2. The van der Waals surface area contributed by atoms with E-state index in [0.717, 1.165) is 0 Å². The molecule has 0 radical (unpaired) electrons. The molecular formula is C19H39NO3. The van der Waals surface area contributed by atoms with Crippen molar-refractivity contribution in [2.45, 2.75) is 93.6 Å². The topological polar surface area (TPSA) is 61.5 Å². The fraction of sp³-hybridized carbons (Fsp3) is 0.947. The normalized spacial score (nSPS) is 18.2. The van der Waals surface area contributed by atoms with Gasteiger partial charge in [0, 0.05) is 11.5 Å². The molecule has 0 fully saturated rings. The van der Waals surface area contributed by atoms with E-state index < -0.39 is 17.2 Å². The van der Waals surface area contributed by atoms with Crippen LogP contribution in [0.2, 0.25) is 0 Å². The summed E-state index contributed by atoms with van der Waals surface area (Å²) in [6.07, 6.45) is 0.132. The molecule has 0 saturated carbocycles. The zero-order valence-corrected chi connectivity index (χ0v) is 16.9. The van der Waals surface area contributed by atoms with E-state index in [4.69, 9.17) is 15.2 Å². The maximum atomic E-state index is 13.0. The third kappa shape index (κ3) is 6.42. The Kier molecular flexibility index (Phi) is 8.25. The second-order valence-electron chi connectivity index (χ2n) is 8.71. The number of carbonyl (C=O) groups excluding carboxylic acids is 1. The van der Waals surface area contributed by atoms with Crippen LogP contribution in [0, 0.1) is 23.2 Å². The molecule has 0 aliphatic carbocycles. The van der Waals surface area contributed by atoms with Gasteiger partial charge in [-0.25, -0.2) is 0 Å². The molecule has 0 saturated heterocycles. The first-order valence-corrected chi connectivity index (χ1v) is 8.87. The quantitative estimate of drug-likeness (QED) is 0.504. The zero-order valence-electron chi connectivity index (χ0n) is 16.9. The molecular weight excluding hydrogens is 290 g/mol. The van der Waals surface area contributed by atoms with Crippen molar-refractivity contribution in [3.8, 4) is 0 Å². The lowest BCUT2D eigenvalue weighted by molar-refractivity contribution is -0.215. The number of esters is 1. The summed E-state index contributed by atoms with van der Waals surface area (Å²) in [7, 11) is 0. The van der Waals surface area contributed by atoms with Crippen molar-refractivity contribution in [3.05, 3.63) is 0 Å². The minimum absolute atomic E-state index is 0.00348. The number of hydrogen-bond acceptors (Lipinski definition) is 4. The van der Waals surface area contributed by atoms with Crippen LogP contribution in [0.1, 0.15) is 75.7 Å². The van der Waals surface area contributed by atoms with Gasteiger partial charge in [0.1, 0.15) is 0 Å². The Hall–Kier alpha value is -0.610. The maximum absolute atomic E-state index is 13.0. The van der Waals surface area contributed by atoms with Crippen LogP contribution in [0.3, 0.4) is 0 Å². The van der Waals surface area contributed by atoms with Crippen molar-refractivity contribution in [2.24, 2.45) is 28.9 Å². The predicted molar refractivity (Wildman–Crippen MR) is 95.9 cm³/mol. The largest absolute Gasteiger partial charge is 0.435 e. The maximum Gasteiger partial charge on any atom is 0.315 e. The SMILES string of the molecule is CC(C)CC(C)(C(=O)OC(OC(C)C)C(C)C(C)C)C(C)(C)N. The van der Waals surface area contributed by atoms with Crippen LogP contribution in [-0.2, 0) is 14.3 Å². The van der Waals surface area contributed by atoms with Gasteiger partial charge in [0.25, 0.3) is 0 Å². The third-order valence-electron chi connectivity index (χ3n) is 4.80. The Morgan fingerprint density at radius 2 is 1.48 bits per heavy atom. The standard InChI is InChI=1S/C19H39NO3/c1-12(2)11-19(10,18(8,9)20)17(21)23-16(22-14(5)6)15(7)13(3)4/h12-16H,11,20H2,1-10H3. The van der Waals surface area contributed by atoms with Crippen molar-refractivity contribution in [2.75, 3.05) is 0 Å². The van der Waals surface area contributed by atoms with Crippen molar-refractivity contribution in [1.29, 1.82) is 0 Å². The fourth-order valence-corrected chi connectivity index (χ4v) is 2.50. The van der Waals surface area contributed by atoms with Gasteiger partial charge in [-0.2, -0.15) is 0 Å². The molecule has 4 heteroatoms. The van der Waals surface area contributed by atoms with Crippen LogP contribution < -0.4 is 5.73 Å². The summed E-state index contributed by atoms with van der Waals surface area (Å²) in [5.41, 5.74) is 4.91. The molecule has 0 aromatic carbocycles. The first kappa shape index (κ1) is 22.4. The number of nitrogens with two attached hydrogens (primary N) is 1. The number of carbonyl (C=O) groups is 1. The molecule has 0 aromatic rings. The van der Waals surface area contributed by atoms with Crippen molar-refractivity contribution in [1.82, 2.24) is 0 Å². The Morgan fingerprint density at radius 3 is 1.78 bits per heavy atom. The number of hydrogen-bond donors (Lipinski definition) is 1. The van der Waals surface area contributed by atoms with Crippen molar-refractivity contribution < 1.29 is 14.3 Å². The molecule has 0 bridgehead atoms. The van der Waals surface area contributed by atoms with Crippen molar-refractivity contribution in [3.63, 3.8) is 0 Å². The van der Waals surface area contributed by atoms with Gasteiger partial charge < -0.3 is 15.2 Å². The van der Waals surface area contributed by atoms with Gasteiger partial charge in [-0.1, -0.05) is 34.6 Å². The molecule has 0 aromatic heterocycles. The number of rotatable bonds is 9. The predicted octanol–water partition coefficient (Wildman–Crippen LogP) is 4.36. The highest BCUT2D eigenvalue weighted by atomic mass is 16.7. The van der Waals surface area contributed by atoms with Crippen molar-refractivity contribution >= 4 is 5.97 Å². The van der Waals surface area contributed by atoms with Crippen LogP contribution in [0.5, 0.6) is 0 Å². The summed E-state index contributed by atoms with van der Waals surface area (Å²) in [4.78, 5) is 13.0. The van der Waals surface area contributed by atoms with E-state index in [1.54, 1.807) is 0 Å². The zero-order chi connectivity index (χ0) is 18.6. The lowest BCUT2D eigenvalue weighted by Crippen LogP contribution is -2.56. The molecule has 0 spiro atoms. The number of ether oxygens (including phenoxy) is 2. The molecule has 138 valence electrons. The molecule has 4 nitrogen and oxygen atoms in total. The highest BCUT2D eigenvalue weighted by Crippen LogP contribution is 2.38. The van der Waals surface area contributed by atoms with E-state index in [1.165, 1.54) is 0 Å².